The number of fused-ring (bicyclic) bond motifs is 2. The second kappa shape index (κ2) is 7.53. The van der Waals surface area contributed by atoms with Crippen molar-refractivity contribution >= 4 is 28.8 Å². The van der Waals surface area contributed by atoms with Crippen molar-refractivity contribution in [1.29, 1.82) is 0 Å². The van der Waals surface area contributed by atoms with Crippen LogP contribution in [0, 0.1) is 0 Å². The summed E-state index contributed by atoms with van der Waals surface area (Å²) in [7, 11) is 0. The Morgan fingerprint density at radius 2 is 1.64 bits per heavy atom. The Labute approximate surface area is 170 Å². The number of hydrogen-bond donors (Lipinski definition) is 1. The fraction of sp³-hybridized carbons (Fsp3) is 0.250. The number of nitrogens with zero attached hydrogens (tertiary/aromatic N) is 1. The van der Waals surface area contributed by atoms with Gasteiger partial charge in [0.25, 0.3) is 0 Å². The summed E-state index contributed by atoms with van der Waals surface area (Å²) in [6, 6.07) is 24.3. The van der Waals surface area contributed by atoms with Gasteiger partial charge in [-0.05, 0) is 47.5 Å². The van der Waals surface area contributed by atoms with E-state index in [2.05, 4.69) is 83.9 Å². The van der Waals surface area contributed by atoms with Crippen LogP contribution in [0.2, 0.25) is 0 Å². The van der Waals surface area contributed by atoms with E-state index in [4.69, 9.17) is 4.74 Å². The minimum atomic E-state index is 0.343. The zero-order valence-electron chi connectivity index (χ0n) is 16.0. The number of benzene rings is 3. The lowest BCUT2D eigenvalue weighted by atomic mass is 9.92. The van der Waals surface area contributed by atoms with Crippen molar-refractivity contribution in [3.63, 3.8) is 0 Å². The molecule has 1 unspecified atom stereocenters. The fourth-order valence-corrected chi connectivity index (χ4v) is 4.90. The van der Waals surface area contributed by atoms with Gasteiger partial charge in [-0.3, -0.25) is 0 Å². The highest BCUT2D eigenvalue weighted by atomic mass is 32.2. The van der Waals surface area contributed by atoms with Crippen LogP contribution in [0.3, 0.4) is 0 Å². The molecule has 142 valence electrons. The highest BCUT2D eigenvalue weighted by molar-refractivity contribution is 7.99. The van der Waals surface area contributed by atoms with Crippen molar-refractivity contribution in [2.24, 2.45) is 0 Å². The molecular formula is C24H24N2OS. The Bertz CT molecular complexity index is 997. The highest BCUT2D eigenvalue weighted by Crippen LogP contribution is 2.45. The van der Waals surface area contributed by atoms with Crippen LogP contribution in [0.5, 0.6) is 0 Å². The molecule has 0 saturated carbocycles. The lowest BCUT2D eigenvalue weighted by Crippen LogP contribution is -2.36. The first kappa shape index (κ1) is 17.7. The van der Waals surface area contributed by atoms with E-state index in [1.54, 1.807) is 0 Å². The molecule has 3 aromatic carbocycles. The van der Waals surface area contributed by atoms with E-state index in [9.17, 15) is 0 Å². The van der Waals surface area contributed by atoms with E-state index < -0.39 is 0 Å². The minimum absolute atomic E-state index is 0.343. The third-order valence-electron chi connectivity index (χ3n) is 5.63. The van der Waals surface area contributed by atoms with Gasteiger partial charge < -0.3 is 15.0 Å². The molecule has 28 heavy (non-hydrogen) atoms. The van der Waals surface area contributed by atoms with Crippen LogP contribution >= 0.6 is 11.8 Å². The predicted molar refractivity (Wildman–Crippen MR) is 117 cm³/mol. The van der Waals surface area contributed by atoms with Gasteiger partial charge in [0, 0.05) is 34.5 Å². The Kier molecular flexibility index (Phi) is 4.75. The van der Waals surface area contributed by atoms with Crippen molar-refractivity contribution in [3.8, 4) is 0 Å². The monoisotopic (exact) mass is 388 g/mol. The SMILES string of the molecule is CC(c1cccc(N2CCOCC2)c1)c1ccc2c(c1)Nc1ccccc1S2. The third-order valence-corrected chi connectivity index (χ3v) is 6.78. The molecule has 2 heterocycles. The summed E-state index contributed by atoms with van der Waals surface area (Å²) in [6.07, 6.45) is 0. The molecule has 1 saturated heterocycles. The summed E-state index contributed by atoms with van der Waals surface area (Å²) in [5, 5.41) is 3.61. The third kappa shape index (κ3) is 3.38. The Morgan fingerprint density at radius 1 is 0.857 bits per heavy atom. The maximum Gasteiger partial charge on any atom is 0.0642 e. The van der Waals surface area contributed by atoms with Crippen LogP contribution in [0.15, 0.2) is 76.5 Å². The summed E-state index contributed by atoms with van der Waals surface area (Å²) in [5.41, 5.74) is 6.39. The van der Waals surface area contributed by atoms with Gasteiger partial charge in [-0.15, -0.1) is 0 Å². The molecule has 4 heteroatoms. The van der Waals surface area contributed by atoms with Gasteiger partial charge in [0.05, 0.1) is 24.6 Å². The number of morpholine rings is 1. The molecule has 0 bridgehead atoms. The summed E-state index contributed by atoms with van der Waals surface area (Å²) in [6.45, 7) is 5.86. The molecule has 3 aromatic rings. The lowest BCUT2D eigenvalue weighted by molar-refractivity contribution is 0.122. The van der Waals surface area contributed by atoms with E-state index in [0.29, 0.717) is 5.92 Å². The lowest BCUT2D eigenvalue weighted by Gasteiger charge is -2.29. The molecule has 1 atom stereocenters. The van der Waals surface area contributed by atoms with E-state index in [0.717, 1.165) is 26.3 Å². The maximum absolute atomic E-state index is 5.50. The summed E-state index contributed by atoms with van der Waals surface area (Å²) in [4.78, 5) is 4.99. The van der Waals surface area contributed by atoms with Crippen molar-refractivity contribution in [3.05, 3.63) is 77.9 Å². The predicted octanol–water partition coefficient (Wildman–Crippen LogP) is 5.88. The van der Waals surface area contributed by atoms with Crippen molar-refractivity contribution in [2.75, 3.05) is 36.5 Å². The Hall–Kier alpha value is -2.43. The molecule has 0 radical (unpaired) electrons. The van der Waals surface area contributed by atoms with Crippen molar-refractivity contribution in [1.82, 2.24) is 0 Å². The Balaban J connectivity index is 1.41. The van der Waals surface area contributed by atoms with Crippen molar-refractivity contribution < 1.29 is 4.74 Å². The summed E-state index contributed by atoms with van der Waals surface area (Å²) < 4.78 is 5.50. The van der Waals surface area contributed by atoms with Gasteiger partial charge in [-0.2, -0.15) is 0 Å². The number of anilines is 3. The molecule has 0 amide bonds. The van der Waals surface area contributed by atoms with Gasteiger partial charge in [0.2, 0.25) is 0 Å². The molecule has 2 aliphatic rings. The topological polar surface area (TPSA) is 24.5 Å². The zero-order chi connectivity index (χ0) is 18.9. The maximum atomic E-state index is 5.50. The first-order valence-corrected chi connectivity index (χ1v) is 10.7. The summed E-state index contributed by atoms with van der Waals surface area (Å²) >= 11 is 1.84. The second-order valence-corrected chi connectivity index (χ2v) is 8.48. The van der Waals surface area contributed by atoms with Crippen LogP contribution in [-0.2, 0) is 4.74 Å². The molecule has 1 fully saturated rings. The average molecular weight is 389 g/mol. The number of rotatable bonds is 3. The van der Waals surface area contributed by atoms with E-state index in [1.165, 1.54) is 38.0 Å². The molecule has 2 aliphatic heterocycles. The van der Waals surface area contributed by atoms with Crippen LogP contribution in [0.25, 0.3) is 0 Å². The summed E-state index contributed by atoms with van der Waals surface area (Å²) in [5.74, 6) is 0.343. The molecule has 1 N–H and O–H groups in total. The molecule has 5 rings (SSSR count). The standard InChI is InChI=1S/C24H24N2OS/c1-17(18-5-4-6-20(15-18)26-11-13-27-14-12-26)19-9-10-24-22(16-19)25-21-7-2-3-8-23(21)28-24/h2-10,15-17,25H,11-14H2,1H3. The molecule has 0 spiro atoms. The number of para-hydroxylation sites is 1. The largest absolute Gasteiger partial charge is 0.378 e. The van der Waals surface area contributed by atoms with E-state index in [1.807, 2.05) is 11.8 Å². The quantitative estimate of drug-likeness (QED) is 0.473. The first-order chi connectivity index (χ1) is 13.8. The zero-order valence-corrected chi connectivity index (χ0v) is 16.8. The van der Waals surface area contributed by atoms with Gasteiger partial charge >= 0.3 is 0 Å². The van der Waals surface area contributed by atoms with E-state index >= 15 is 0 Å². The second-order valence-electron chi connectivity index (χ2n) is 7.39. The van der Waals surface area contributed by atoms with Crippen LogP contribution in [0.1, 0.15) is 24.0 Å². The smallest absolute Gasteiger partial charge is 0.0642 e. The normalized spacial score (nSPS) is 16.7. The van der Waals surface area contributed by atoms with Gasteiger partial charge in [0.15, 0.2) is 0 Å². The van der Waals surface area contributed by atoms with E-state index in [-0.39, 0.29) is 0 Å². The highest BCUT2D eigenvalue weighted by Gasteiger charge is 2.18. The van der Waals surface area contributed by atoms with Crippen molar-refractivity contribution in [2.45, 2.75) is 22.6 Å². The molecule has 3 nitrogen and oxygen atoms in total. The Morgan fingerprint density at radius 3 is 2.54 bits per heavy atom. The molecule has 0 aromatic heterocycles. The van der Waals surface area contributed by atoms with Crippen LogP contribution in [0.4, 0.5) is 17.1 Å². The molecule has 0 aliphatic carbocycles. The van der Waals surface area contributed by atoms with Gasteiger partial charge in [0.1, 0.15) is 0 Å². The number of nitrogens with one attached hydrogen (secondary N) is 1. The van der Waals surface area contributed by atoms with Crippen LogP contribution in [-0.4, -0.2) is 26.3 Å². The first-order valence-electron chi connectivity index (χ1n) is 9.88. The van der Waals surface area contributed by atoms with Crippen LogP contribution < -0.4 is 10.2 Å². The fourth-order valence-electron chi connectivity index (χ4n) is 3.93. The molecular weight excluding hydrogens is 364 g/mol. The average Bonchev–Trinajstić information content (AvgIpc) is 2.77. The number of hydrogen-bond acceptors (Lipinski definition) is 4. The van der Waals surface area contributed by atoms with Gasteiger partial charge in [-0.25, -0.2) is 0 Å². The van der Waals surface area contributed by atoms with Gasteiger partial charge in [-0.1, -0.05) is 49.0 Å². The number of ether oxygens (including phenoxy) is 1. The minimum Gasteiger partial charge on any atom is -0.378 e.